The van der Waals surface area contributed by atoms with Crippen LogP contribution in [-0.4, -0.2) is 75.7 Å². The van der Waals surface area contributed by atoms with E-state index in [2.05, 4.69) is 71.4 Å². The zero-order valence-corrected chi connectivity index (χ0v) is 22.6. The van der Waals surface area contributed by atoms with Crippen LogP contribution in [-0.2, 0) is 6.54 Å². The highest BCUT2D eigenvalue weighted by Crippen LogP contribution is 2.21. The van der Waals surface area contributed by atoms with E-state index < -0.39 is 0 Å². The number of hydrogen-bond donors (Lipinski definition) is 2. The Morgan fingerprint density at radius 3 is 2.55 bits per heavy atom. The van der Waals surface area contributed by atoms with Gasteiger partial charge in [0.25, 0.3) is 0 Å². The summed E-state index contributed by atoms with van der Waals surface area (Å²) < 4.78 is 6.06. The van der Waals surface area contributed by atoms with E-state index >= 15 is 0 Å². The van der Waals surface area contributed by atoms with Crippen molar-refractivity contribution in [3.8, 4) is 5.75 Å². The number of guanidine groups is 1. The van der Waals surface area contributed by atoms with Gasteiger partial charge in [0.2, 0.25) is 0 Å². The monoisotopic (exact) mass is 545 g/mol. The number of ether oxygens (including phenoxy) is 1. The molecular formula is C24H44IN5O. The number of benzene rings is 1. The highest BCUT2D eigenvalue weighted by molar-refractivity contribution is 14.0. The van der Waals surface area contributed by atoms with E-state index in [-0.39, 0.29) is 24.0 Å². The van der Waals surface area contributed by atoms with Crippen molar-refractivity contribution >= 4 is 29.9 Å². The van der Waals surface area contributed by atoms with Crippen molar-refractivity contribution in [2.24, 2.45) is 10.9 Å². The van der Waals surface area contributed by atoms with Gasteiger partial charge in [-0.1, -0.05) is 26.0 Å². The smallest absolute Gasteiger partial charge is 0.191 e. The number of nitrogens with one attached hydrogen (secondary N) is 2. The molecule has 0 amide bonds. The second-order valence-corrected chi connectivity index (χ2v) is 8.85. The molecule has 1 aliphatic heterocycles. The summed E-state index contributed by atoms with van der Waals surface area (Å²) in [4.78, 5) is 9.35. The highest BCUT2D eigenvalue weighted by Gasteiger charge is 2.12. The van der Waals surface area contributed by atoms with E-state index in [1.807, 2.05) is 7.05 Å². The van der Waals surface area contributed by atoms with Gasteiger partial charge < -0.3 is 25.2 Å². The maximum Gasteiger partial charge on any atom is 0.191 e. The Morgan fingerprint density at radius 1 is 1.13 bits per heavy atom. The van der Waals surface area contributed by atoms with Gasteiger partial charge in [0.1, 0.15) is 5.75 Å². The van der Waals surface area contributed by atoms with Gasteiger partial charge in [-0.2, -0.15) is 0 Å². The van der Waals surface area contributed by atoms with E-state index in [9.17, 15) is 0 Å². The summed E-state index contributed by atoms with van der Waals surface area (Å²) in [6, 6.07) is 6.42. The predicted octanol–water partition coefficient (Wildman–Crippen LogP) is 3.73. The maximum absolute atomic E-state index is 6.06. The largest absolute Gasteiger partial charge is 0.493 e. The van der Waals surface area contributed by atoms with Crippen molar-refractivity contribution in [1.29, 1.82) is 0 Å². The number of unbranched alkanes of at least 4 members (excludes halogenated alkanes) is 1. The Morgan fingerprint density at radius 2 is 1.87 bits per heavy atom. The van der Waals surface area contributed by atoms with Crippen LogP contribution in [0.2, 0.25) is 0 Å². The Bertz CT molecular complexity index is 645. The Hall–Kier alpha value is -1.06. The molecule has 1 aromatic rings. The molecule has 1 saturated heterocycles. The fourth-order valence-corrected chi connectivity index (χ4v) is 3.48. The lowest BCUT2D eigenvalue weighted by atomic mass is 10.1. The third-order valence-electron chi connectivity index (χ3n) is 5.63. The predicted molar refractivity (Wildman–Crippen MR) is 143 cm³/mol. The number of rotatable bonds is 11. The van der Waals surface area contributed by atoms with Crippen LogP contribution in [0, 0.1) is 12.8 Å². The third-order valence-corrected chi connectivity index (χ3v) is 5.63. The molecular weight excluding hydrogens is 501 g/mol. The van der Waals surface area contributed by atoms with E-state index in [1.54, 1.807) is 0 Å². The molecule has 6 nitrogen and oxygen atoms in total. The fourth-order valence-electron chi connectivity index (χ4n) is 3.48. The summed E-state index contributed by atoms with van der Waals surface area (Å²) in [6.45, 7) is 14.9. The first kappa shape index (κ1) is 28.0. The first-order valence-electron chi connectivity index (χ1n) is 11.6. The standard InChI is InChI=1S/C24H43N5O.HI/c1-20(2)10-17-30-23-18-21(3)8-9-22(23)19-27-24(25-4)26-11-6-7-12-29-15-13-28(5)14-16-29;/h8-9,18,20H,6-7,10-17,19H2,1-5H3,(H2,25,26,27);1H. The molecule has 0 spiro atoms. The van der Waals surface area contributed by atoms with Gasteiger partial charge in [-0.3, -0.25) is 4.99 Å². The molecule has 0 aromatic heterocycles. The quantitative estimate of drug-likeness (QED) is 0.192. The maximum atomic E-state index is 6.06. The van der Waals surface area contributed by atoms with Gasteiger partial charge >= 0.3 is 0 Å². The number of halogens is 1. The molecule has 0 saturated carbocycles. The zero-order valence-electron chi connectivity index (χ0n) is 20.2. The topological polar surface area (TPSA) is 52.1 Å². The lowest BCUT2D eigenvalue weighted by Crippen LogP contribution is -2.44. The van der Waals surface area contributed by atoms with Crippen LogP contribution in [0.25, 0.3) is 0 Å². The first-order chi connectivity index (χ1) is 14.5. The summed E-state index contributed by atoms with van der Waals surface area (Å²) in [5, 5.41) is 6.88. The molecule has 0 aliphatic carbocycles. The van der Waals surface area contributed by atoms with Crippen molar-refractivity contribution in [2.45, 2.75) is 46.6 Å². The minimum absolute atomic E-state index is 0. The molecule has 0 radical (unpaired) electrons. The Labute approximate surface area is 207 Å². The van der Waals surface area contributed by atoms with Gasteiger partial charge in [-0.15, -0.1) is 24.0 Å². The lowest BCUT2D eigenvalue weighted by molar-refractivity contribution is 0.152. The highest BCUT2D eigenvalue weighted by atomic mass is 127. The van der Waals surface area contributed by atoms with Crippen LogP contribution >= 0.6 is 24.0 Å². The first-order valence-corrected chi connectivity index (χ1v) is 11.6. The van der Waals surface area contributed by atoms with Crippen molar-refractivity contribution in [3.05, 3.63) is 29.3 Å². The van der Waals surface area contributed by atoms with Crippen LogP contribution in [0.5, 0.6) is 5.75 Å². The number of hydrogen-bond acceptors (Lipinski definition) is 4. The minimum Gasteiger partial charge on any atom is -0.493 e. The molecule has 2 rings (SSSR count). The van der Waals surface area contributed by atoms with Crippen LogP contribution in [0.1, 0.15) is 44.2 Å². The van der Waals surface area contributed by atoms with Crippen LogP contribution < -0.4 is 15.4 Å². The van der Waals surface area contributed by atoms with Crippen molar-refractivity contribution in [3.63, 3.8) is 0 Å². The molecule has 1 aromatic carbocycles. The average molecular weight is 546 g/mol. The normalized spacial score (nSPS) is 15.6. The number of aryl methyl sites for hydroxylation is 1. The molecule has 31 heavy (non-hydrogen) atoms. The Balaban J connectivity index is 0.00000480. The second-order valence-electron chi connectivity index (χ2n) is 8.85. The lowest BCUT2D eigenvalue weighted by Gasteiger charge is -2.32. The molecule has 0 unspecified atom stereocenters. The molecule has 1 aliphatic rings. The molecule has 178 valence electrons. The van der Waals surface area contributed by atoms with Gasteiger partial charge in [-0.25, -0.2) is 0 Å². The van der Waals surface area contributed by atoms with Gasteiger partial charge in [0, 0.05) is 51.9 Å². The van der Waals surface area contributed by atoms with E-state index in [0.717, 1.165) is 37.7 Å². The van der Waals surface area contributed by atoms with E-state index in [4.69, 9.17) is 4.74 Å². The molecule has 7 heteroatoms. The van der Waals surface area contributed by atoms with Gasteiger partial charge in [0.05, 0.1) is 6.61 Å². The Kier molecular flexibility index (Phi) is 14.2. The molecule has 1 heterocycles. The molecule has 2 N–H and O–H groups in total. The van der Waals surface area contributed by atoms with Crippen molar-refractivity contribution in [2.75, 3.05) is 60.0 Å². The summed E-state index contributed by atoms with van der Waals surface area (Å²) in [5.74, 6) is 2.48. The van der Waals surface area contributed by atoms with E-state index in [1.165, 1.54) is 50.3 Å². The fraction of sp³-hybridized carbons (Fsp3) is 0.708. The molecule has 0 atom stereocenters. The molecule has 0 bridgehead atoms. The van der Waals surface area contributed by atoms with Gasteiger partial charge in [0.15, 0.2) is 5.96 Å². The second kappa shape index (κ2) is 15.7. The van der Waals surface area contributed by atoms with Crippen LogP contribution in [0.15, 0.2) is 23.2 Å². The third kappa shape index (κ3) is 11.4. The number of aliphatic imine (C=N–C) groups is 1. The van der Waals surface area contributed by atoms with Crippen LogP contribution in [0.3, 0.4) is 0 Å². The summed E-state index contributed by atoms with van der Waals surface area (Å²) in [6.07, 6.45) is 3.44. The van der Waals surface area contributed by atoms with Crippen LogP contribution in [0.4, 0.5) is 0 Å². The average Bonchev–Trinajstić information content (AvgIpc) is 2.72. The molecule has 1 fully saturated rings. The SMILES string of the molecule is CN=C(NCCCCN1CCN(C)CC1)NCc1ccc(C)cc1OCCC(C)C.I. The summed E-state index contributed by atoms with van der Waals surface area (Å²) >= 11 is 0. The number of nitrogens with zero attached hydrogens (tertiary/aromatic N) is 3. The van der Waals surface area contributed by atoms with E-state index in [0.29, 0.717) is 12.5 Å². The minimum atomic E-state index is 0. The summed E-state index contributed by atoms with van der Waals surface area (Å²) in [5.41, 5.74) is 2.39. The van der Waals surface area contributed by atoms with Crippen molar-refractivity contribution < 1.29 is 4.74 Å². The zero-order chi connectivity index (χ0) is 21.8. The van der Waals surface area contributed by atoms with Crippen molar-refractivity contribution in [1.82, 2.24) is 20.4 Å². The van der Waals surface area contributed by atoms with Gasteiger partial charge in [-0.05, 0) is 57.3 Å². The summed E-state index contributed by atoms with van der Waals surface area (Å²) in [7, 11) is 4.03. The number of piperazine rings is 1. The number of likely N-dealkylation sites (N-methyl/N-ethyl adjacent to an activating group) is 1.